The summed E-state index contributed by atoms with van der Waals surface area (Å²) < 4.78 is 19.7. The molecule has 0 bridgehead atoms. The van der Waals surface area contributed by atoms with Crippen molar-refractivity contribution in [1.29, 1.82) is 0 Å². The van der Waals surface area contributed by atoms with Crippen LogP contribution in [0.15, 0.2) is 30.5 Å². The Morgan fingerprint density at radius 1 is 1.41 bits per heavy atom. The molecule has 1 aliphatic heterocycles. The van der Waals surface area contributed by atoms with Gasteiger partial charge in [0, 0.05) is 24.2 Å². The number of halogens is 1. The van der Waals surface area contributed by atoms with E-state index in [2.05, 4.69) is 10.3 Å². The van der Waals surface area contributed by atoms with Gasteiger partial charge in [0.15, 0.2) is 0 Å². The number of H-pyrrole nitrogens is 1. The first kappa shape index (κ1) is 18.4. The van der Waals surface area contributed by atoms with Crippen molar-refractivity contribution in [3.8, 4) is 11.1 Å². The summed E-state index contributed by atoms with van der Waals surface area (Å²) in [5, 5.41) is 11.2. The number of rotatable bonds is 5. The molecule has 3 amide bonds. The number of carbonyl (C=O) groups is 3. The van der Waals surface area contributed by atoms with E-state index in [0.29, 0.717) is 11.3 Å². The fourth-order valence-electron chi connectivity index (χ4n) is 2.74. The summed E-state index contributed by atoms with van der Waals surface area (Å²) in [6.07, 6.45) is 0.283. The first-order valence-electron chi connectivity index (χ1n) is 8.04. The number of benzene rings is 1. The first-order chi connectivity index (χ1) is 12.9. The Hall–Kier alpha value is -3.40. The molecule has 1 atom stereocenters. The maximum atomic E-state index is 14.6. The zero-order chi connectivity index (χ0) is 19.6. The number of aromatic amines is 1. The number of nitrogens with zero attached hydrogens (tertiary/aromatic N) is 1. The number of hydroxylamine groups is 1. The van der Waals surface area contributed by atoms with Crippen molar-refractivity contribution in [2.75, 3.05) is 18.0 Å². The van der Waals surface area contributed by atoms with Crippen LogP contribution in [0.4, 0.5) is 14.9 Å². The van der Waals surface area contributed by atoms with E-state index in [1.165, 1.54) is 41.7 Å². The predicted molar refractivity (Wildman–Crippen MR) is 91.7 cm³/mol. The Morgan fingerprint density at radius 3 is 2.85 bits per heavy atom. The van der Waals surface area contributed by atoms with Gasteiger partial charge in [-0.25, -0.2) is 14.7 Å². The SMILES string of the molecule is CC(=O)NC[C@H]1CN(c2ccc(-c3c[nH]c(C(=O)NO)c3)c(F)c2)C(=O)O1. The zero-order valence-corrected chi connectivity index (χ0v) is 14.3. The molecule has 0 spiro atoms. The third-order valence-corrected chi connectivity index (χ3v) is 4.06. The van der Waals surface area contributed by atoms with Gasteiger partial charge in [0.05, 0.1) is 18.8 Å². The highest BCUT2D eigenvalue weighted by atomic mass is 19.1. The summed E-state index contributed by atoms with van der Waals surface area (Å²) in [6.45, 7) is 1.72. The van der Waals surface area contributed by atoms with Crippen molar-refractivity contribution >= 4 is 23.6 Å². The van der Waals surface area contributed by atoms with Gasteiger partial charge in [-0.1, -0.05) is 0 Å². The van der Waals surface area contributed by atoms with E-state index in [-0.39, 0.29) is 30.3 Å². The molecular formula is C17H17FN4O5. The van der Waals surface area contributed by atoms with Gasteiger partial charge in [-0.2, -0.15) is 0 Å². The average Bonchev–Trinajstić information content (AvgIpc) is 3.26. The van der Waals surface area contributed by atoms with Crippen LogP contribution in [-0.4, -0.2) is 47.3 Å². The van der Waals surface area contributed by atoms with Crippen LogP contribution in [0.25, 0.3) is 11.1 Å². The fraction of sp³-hybridized carbons (Fsp3) is 0.235. The highest BCUT2D eigenvalue weighted by Gasteiger charge is 2.32. The van der Waals surface area contributed by atoms with E-state index >= 15 is 0 Å². The normalized spacial score (nSPS) is 16.2. The average molecular weight is 376 g/mol. The smallest absolute Gasteiger partial charge is 0.414 e. The lowest BCUT2D eigenvalue weighted by atomic mass is 10.1. The van der Waals surface area contributed by atoms with E-state index in [0.717, 1.165) is 0 Å². The van der Waals surface area contributed by atoms with Gasteiger partial charge in [-0.05, 0) is 24.3 Å². The van der Waals surface area contributed by atoms with E-state index in [1.807, 2.05) is 0 Å². The molecule has 0 saturated carbocycles. The molecule has 1 fully saturated rings. The van der Waals surface area contributed by atoms with Gasteiger partial charge in [-0.3, -0.25) is 19.7 Å². The number of carbonyl (C=O) groups excluding carboxylic acids is 3. The molecular weight excluding hydrogens is 359 g/mol. The molecule has 0 radical (unpaired) electrons. The summed E-state index contributed by atoms with van der Waals surface area (Å²) in [5.41, 5.74) is 2.49. The molecule has 9 nitrogen and oxygen atoms in total. The number of ether oxygens (including phenoxy) is 1. The molecule has 1 aromatic carbocycles. The molecule has 1 aromatic heterocycles. The van der Waals surface area contributed by atoms with Gasteiger partial charge in [0.1, 0.15) is 17.6 Å². The van der Waals surface area contributed by atoms with Crippen molar-refractivity contribution < 1.29 is 28.7 Å². The van der Waals surface area contributed by atoms with Crippen LogP contribution in [-0.2, 0) is 9.53 Å². The molecule has 2 heterocycles. The molecule has 1 saturated heterocycles. The van der Waals surface area contributed by atoms with Crippen LogP contribution in [0.2, 0.25) is 0 Å². The molecule has 0 aliphatic carbocycles. The summed E-state index contributed by atoms with van der Waals surface area (Å²) in [7, 11) is 0. The lowest BCUT2D eigenvalue weighted by molar-refractivity contribution is -0.119. The van der Waals surface area contributed by atoms with Crippen molar-refractivity contribution in [1.82, 2.24) is 15.8 Å². The largest absolute Gasteiger partial charge is 0.442 e. The number of nitrogens with one attached hydrogen (secondary N) is 3. The van der Waals surface area contributed by atoms with Gasteiger partial charge in [0.2, 0.25) is 5.91 Å². The quantitative estimate of drug-likeness (QED) is 0.464. The molecule has 4 N–H and O–H groups in total. The highest BCUT2D eigenvalue weighted by Crippen LogP contribution is 2.29. The monoisotopic (exact) mass is 376 g/mol. The maximum absolute atomic E-state index is 14.6. The van der Waals surface area contributed by atoms with Crippen LogP contribution >= 0.6 is 0 Å². The second kappa shape index (κ2) is 7.46. The minimum absolute atomic E-state index is 0.0694. The second-order valence-corrected chi connectivity index (χ2v) is 5.96. The van der Waals surface area contributed by atoms with E-state index in [1.54, 1.807) is 6.07 Å². The maximum Gasteiger partial charge on any atom is 0.414 e. The van der Waals surface area contributed by atoms with Crippen molar-refractivity contribution in [2.45, 2.75) is 13.0 Å². The number of aromatic nitrogens is 1. The Balaban J connectivity index is 1.77. The standard InChI is InChI=1S/C17H17FN4O5/c1-9(23)19-7-12-8-22(17(25)27-12)11-2-3-13(14(18)5-11)10-4-15(20-6-10)16(24)21-26/h2-6,12,20,26H,7-8H2,1H3,(H,19,23)(H,21,24)/t12-/m0/s1. The van der Waals surface area contributed by atoms with Crippen LogP contribution in [0.5, 0.6) is 0 Å². The second-order valence-electron chi connectivity index (χ2n) is 5.96. The summed E-state index contributed by atoms with van der Waals surface area (Å²) in [5.74, 6) is -1.58. The van der Waals surface area contributed by atoms with Crippen LogP contribution in [0.3, 0.4) is 0 Å². The summed E-state index contributed by atoms with van der Waals surface area (Å²) in [4.78, 5) is 38.2. The highest BCUT2D eigenvalue weighted by molar-refractivity contribution is 5.93. The van der Waals surface area contributed by atoms with Crippen LogP contribution in [0, 0.1) is 5.82 Å². The summed E-state index contributed by atoms with van der Waals surface area (Å²) >= 11 is 0. The minimum Gasteiger partial charge on any atom is -0.442 e. The third-order valence-electron chi connectivity index (χ3n) is 4.06. The van der Waals surface area contributed by atoms with Gasteiger partial charge in [-0.15, -0.1) is 0 Å². The Kier molecular flexibility index (Phi) is 5.08. The van der Waals surface area contributed by atoms with Crippen molar-refractivity contribution in [3.05, 3.63) is 42.0 Å². The van der Waals surface area contributed by atoms with Crippen LogP contribution in [0.1, 0.15) is 17.4 Å². The Bertz CT molecular complexity index is 897. The molecule has 1 aliphatic rings. The third kappa shape index (κ3) is 3.90. The van der Waals surface area contributed by atoms with E-state index < -0.39 is 23.9 Å². The van der Waals surface area contributed by atoms with E-state index in [9.17, 15) is 18.8 Å². The molecule has 2 aromatic rings. The topological polar surface area (TPSA) is 124 Å². The van der Waals surface area contributed by atoms with Crippen LogP contribution < -0.4 is 15.7 Å². The van der Waals surface area contributed by atoms with Crippen molar-refractivity contribution in [2.24, 2.45) is 0 Å². The predicted octanol–water partition coefficient (Wildman–Crippen LogP) is 1.40. The number of anilines is 1. The Morgan fingerprint density at radius 2 is 2.19 bits per heavy atom. The van der Waals surface area contributed by atoms with Gasteiger partial charge in [0.25, 0.3) is 5.91 Å². The number of cyclic esters (lactones) is 1. The molecule has 10 heteroatoms. The number of hydrogen-bond donors (Lipinski definition) is 4. The Labute approximate surface area is 153 Å². The molecule has 3 rings (SSSR count). The molecule has 0 unspecified atom stereocenters. The molecule has 142 valence electrons. The van der Waals surface area contributed by atoms with Gasteiger partial charge < -0.3 is 15.0 Å². The lowest BCUT2D eigenvalue weighted by Gasteiger charge is -2.14. The first-order valence-corrected chi connectivity index (χ1v) is 8.04. The van der Waals surface area contributed by atoms with Gasteiger partial charge >= 0.3 is 6.09 Å². The summed E-state index contributed by atoms with van der Waals surface area (Å²) in [6, 6.07) is 5.61. The number of amides is 3. The minimum atomic E-state index is -0.747. The van der Waals surface area contributed by atoms with Crippen molar-refractivity contribution in [3.63, 3.8) is 0 Å². The zero-order valence-electron chi connectivity index (χ0n) is 14.3. The van der Waals surface area contributed by atoms with E-state index in [4.69, 9.17) is 9.94 Å². The fourth-order valence-corrected chi connectivity index (χ4v) is 2.74. The lowest BCUT2D eigenvalue weighted by Crippen LogP contribution is -2.33. The molecule has 27 heavy (non-hydrogen) atoms. The number of hydrogen-bond acceptors (Lipinski definition) is 5.